The van der Waals surface area contributed by atoms with E-state index in [4.69, 9.17) is 18.9 Å². The third-order valence-electron chi connectivity index (χ3n) is 6.75. The molecule has 0 saturated carbocycles. The summed E-state index contributed by atoms with van der Waals surface area (Å²) in [6.45, 7) is 8.12. The summed E-state index contributed by atoms with van der Waals surface area (Å²) in [7, 11) is 1.43. The third kappa shape index (κ3) is 6.20. The highest BCUT2D eigenvalue weighted by atomic mass is 16.5. The highest BCUT2D eigenvalue weighted by Crippen LogP contribution is 2.41. The number of benzene rings is 3. The molecule has 36 heavy (non-hydrogen) atoms. The van der Waals surface area contributed by atoms with E-state index in [0.717, 1.165) is 59.0 Å². The maximum atomic E-state index is 11.9. The van der Waals surface area contributed by atoms with Gasteiger partial charge in [0.1, 0.15) is 23.9 Å². The largest absolute Gasteiger partial charge is 0.493 e. The Kier molecular flexibility index (Phi) is 8.52. The van der Waals surface area contributed by atoms with Gasteiger partial charge in [0.25, 0.3) is 0 Å². The molecule has 3 aromatic carbocycles. The van der Waals surface area contributed by atoms with Crippen molar-refractivity contribution >= 4 is 5.97 Å². The van der Waals surface area contributed by atoms with Gasteiger partial charge in [-0.15, -0.1) is 0 Å². The first-order valence-electron chi connectivity index (χ1n) is 12.8. The van der Waals surface area contributed by atoms with E-state index in [1.807, 2.05) is 18.2 Å². The number of unbranched alkanes of at least 4 members (excludes halogenated alkanes) is 1. The van der Waals surface area contributed by atoms with Gasteiger partial charge in [-0.05, 0) is 54.2 Å². The molecule has 1 aliphatic rings. The summed E-state index contributed by atoms with van der Waals surface area (Å²) >= 11 is 0. The van der Waals surface area contributed by atoms with E-state index in [9.17, 15) is 4.79 Å². The van der Waals surface area contributed by atoms with Gasteiger partial charge >= 0.3 is 5.97 Å². The van der Waals surface area contributed by atoms with Gasteiger partial charge in [0, 0.05) is 17.5 Å². The molecule has 0 saturated heterocycles. The molecular formula is C31H36O5. The topological polar surface area (TPSA) is 54.0 Å². The van der Waals surface area contributed by atoms with Crippen LogP contribution in [0.2, 0.25) is 0 Å². The van der Waals surface area contributed by atoms with Gasteiger partial charge in [0.05, 0.1) is 26.7 Å². The van der Waals surface area contributed by atoms with Gasteiger partial charge in [-0.3, -0.25) is 4.79 Å². The first kappa shape index (κ1) is 25.6. The number of ether oxygens (including phenoxy) is 4. The summed E-state index contributed by atoms with van der Waals surface area (Å²) in [5.74, 6) is 2.58. The van der Waals surface area contributed by atoms with Gasteiger partial charge in [-0.2, -0.15) is 0 Å². The lowest BCUT2D eigenvalue weighted by Gasteiger charge is -2.31. The van der Waals surface area contributed by atoms with Crippen LogP contribution in [-0.2, 0) is 16.1 Å². The highest BCUT2D eigenvalue weighted by molar-refractivity contribution is 5.72. The number of carbonyl (C=O) groups is 1. The average molecular weight is 489 g/mol. The molecule has 1 heterocycles. The van der Waals surface area contributed by atoms with E-state index in [1.165, 1.54) is 12.7 Å². The minimum atomic E-state index is -0.200. The van der Waals surface area contributed by atoms with E-state index in [2.05, 4.69) is 63.2 Å². The Balaban J connectivity index is 1.43. The molecule has 4 rings (SSSR count). The van der Waals surface area contributed by atoms with Gasteiger partial charge < -0.3 is 18.9 Å². The van der Waals surface area contributed by atoms with Crippen LogP contribution in [0.1, 0.15) is 55.7 Å². The SMILES string of the molecule is CCCCOc1ccc(C)cc1-c1ccc(COc2ccc3c(c2)OCC(C)C3CC(=O)OC)cc1. The summed E-state index contributed by atoms with van der Waals surface area (Å²) in [6.07, 6.45) is 2.51. The van der Waals surface area contributed by atoms with E-state index in [0.29, 0.717) is 19.6 Å². The molecule has 0 aliphatic carbocycles. The van der Waals surface area contributed by atoms with Crippen LogP contribution in [0.4, 0.5) is 0 Å². The van der Waals surface area contributed by atoms with E-state index < -0.39 is 0 Å². The molecule has 2 atom stereocenters. The molecule has 0 radical (unpaired) electrons. The van der Waals surface area contributed by atoms with Gasteiger partial charge in [-0.25, -0.2) is 0 Å². The first-order chi connectivity index (χ1) is 17.5. The van der Waals surface area contributed by atoms with Crippen molar-refractivity contribution < 1.29 is 23.7 Å². The predicted molar refractivity (Wildman–Crippen MR) is 142 cm³/mol. The number of hydrogen-bond donors (Lipinski definition) is 0. The molecule has 0 aromatic heterocycles. The number of fused-ring (bicyclic) bond motifs is 1. The molecule has 0 amide bonds. The molecule has 0 N–H and O–H groups in total. The van der Waals surface area contributed by atoms with E-state index in [1.54, 1.807) is 0 Å². The van der Waals surface area contributed by atoms with Crippen molar-refractivity contribution in [3.05, 3.63) is 77.4 Å². The summed E-state index contributed by atoms with van der Waals surface area (Å²) < 4.78 is 23.0. The minimum absolute atomic E-state index is 0.0836. The Labute approximate surface area is 214 Å². The van der Waals surface area contributed by atoms with Crippen LogP contribution in [0.5, 0.6) is 17.2 Å². The van der Waals surface area contributed by atoms with Crippen LogP contribution in [0.25, 0.3) is 11.1 Å². The van der Waals surface area contributed by atoms with Crippen molar-refractivity contribution in [3.63, 3.8) is 0 Å². The number of methoxy groups -OCH3 is 1. The normalized spacial score (nSPS) is 16.6. The van der Waals surface area contributed by atoms with E-state index in [-0.39, 0.29) is 17.8 Å². The van der Waals surface area contributed by atoms with Crippen molar-refractivity contribution in [2.45, 2.75) is 52.6 Å². The fourth-order valence-corrected chi connectivity index (χ4v) is 4.52. The second-order valence-electron chi connectivity index (χ2n) is 9.56. The number of rotatable bonds is 10. The number of esters is 1. The first-order valence-corrected chi connectivity index (χ1v) is 12.8. The maximum absolute atomic E-state index is 11.9. The monoisotopic (exact) mass is 488 g/mol. The highest BCUT2D eigenvalue weighted by Gasteiger charge is 2.30. The fraction of sp³-hybridized carbons (Fsp3) is 0.387. The van der Waals surface area contributed by atoms with Crippen molar-refractivity contribution in [2.24, 2.45) is 5.92 Å². The van der Waals surface area contributed by atoms with Crippen LogP contribution >= 0.6 is 0 Å². The molecule has 0 bridgehead atoms. The standard InChI is InChI=1S/C31H36O5/c1-5-6-15-34-29-14-7-21(2)16-28(29)24-10-8-23(9-11-24)20-35-25-12-13-26-27(18-31(32)33-4)22(3)19-36-30(26)17-25/h7-14,16-17,22,27H,5-6,15,18-20H2,1-4H3. The number of carbonyl (C=O) groups excluding carboxylic acids is 1. The Morgan fingerprint density at radius 2 is 1.83 bits per heavy atom. The zero-order chi connectivity index (χ0) is 25.5. The molecule has 2 unspecified atom stereocenters. The zero-order valence-corrected chi connectivity index (χ0v) is 21.7. The zero-order valence-electron chi connectivity index (χ0n) is 21.7. The van der Waals surface area contributed by atoms with Crippen LogP contribution in [-0.4, -0.2) is 26.3 Å². The predicted octanol–water partition coefficient (Wildman–Crippen LogP) is 7.10. The van der Waals surface area contributed by atoms with Crippen molar-refractivity contribution in [3.8, 4) is 28.4 Å². The van der Waals surface area contributed by atoms with Gasteiger partial charge in [0.15, 0.2) is 0 Å². The molecule has 0 spiro atoms. The van der Waals surface area contributed by atoms with Crippen LogP contribution in [0.3, 0.4) is 0 Å². The Bertz CT molecular complexity index is 1170. The van der Waals surface area contributed by atoms with Crippen LogP contribution in [0.15, 0.2) is 60.7 Å². The quantitative estimate of drug-likeness (QED) is 0.225. The second-order valence-corrected chi connectivity index (χ2v) is 9.56. The lowest BCUT2D eigenvalue weighted by atomic mass is 9.83. The molecule has 0 fully saturated rings. The summed E-state index contributed by atoms with van der Waals surface area (Å²) in [4.78, 5) is 11.9. The van der Waals surface area contributed by atoms with Gasteiger partial charge in [0.2, 0.25) is 0 Å². The fourth-order valence-electron chi connectivity index (χ4n) is 4.52. The lowest BCUT2D eigenvalue weighted by molar-refractivity contribution is -0.141. The van der Waals surface area contributed by atoms with E-state index >= 15 is 0 Å². The molecule has 5 nitrogen and oxygen atoms in total. The summed E-state index contributed by atoms with van der Waals surface area (Å²) in [5.41, 5.74) is 5.56. The smallest absolute Gasteiger partial charge is 0.306 e. The third-order valence-corrected chi connectivity index (χ3v) is 6.75. The molecule has 3 aromatic rings. The average Bonchev–Trinajstić information content (AvgIpc) is 2.90. The van der Waals surface area contributed by atoms with Gasteiger partial charge in [-0.1, -0.05) is 62.2 Å². The van der Waals surface area contributed by atoms with Crippen LogP contribution in [0, 0.1) is 12.8 Å². The van der Waals surface area contributed by atoms with Crippen LogP contribution < -0.4 is 14.2 Å². The van der Waals surface area contributed by atoms with Crippen molar-refractivity contribution in [2.75, 3.05) is 20.3 Å². The van der Waals surface area contributed by atoms with Crippen molar-refractivity contribution in [1.82, 2.24) is 0 Å². The number of aryl methyl sites for hydroxylation is 1. The minimum Gasteiger partial charge on any atom is -0.493 e. The number of hydrogen-bond acceptors (Lipinski definition) is 5. The molecular weight excluding hydrogens is 452 g/mol. The summed E-state index contributed by atoms with van der Waals surface area (Å²) in [5, 5.41) is 0. The Hall–Kier alpha value is -3.47. The molecule has 190 valence electrons. The molecule has 5 heteroatoms. The molecule has 1 aliphatic heterocycles. The van der Waals surface area contributed by atoms with Crippen molar-refractivity contribution in [1.29, 1.82) is 0 Å². The Morgan fingerprint density at radius 3 is 2.58 bits per heavy atom. The Morgan fingerprint density at radius 1 is 1.03 bits per heavy atom. The second kappa shape index (κ2) is 12.0. The summed E-state index contributed by atoms with van der Waals surface area (Å²) in [6, 6.07) is 20.6. The maximum Gasteiger partial charge on any atom is 0.306 e. The lowest BCUT2D eigenvalue weighted by Crippen LogP contribution is -2.26.